The predicted octanol–water partition coefficient (Wildman–Crippen LogP) is 2.48. The van der Waals surface area contributed by atoms with Crippen molar-refractivity contribution < 1.29 is 0 Å². The first-order chi connectivity index (χ1) is 8.24. The van der Waals surface area contributed by atoms with E-state index in [2.05, 4.69) is 42.6 Å². The summed E-state index contributed by atoms with van der Waals surface area (Å²) >= 11 is 0. The Morgan fingerprint density at radius 3 is 2.47 bits per heavy atom. The average Bonchev–Trinajstić information content (AvgIpc) is 2.33. The lowest BCUT2D eigenvalue weighted by molar-refractivity contribution is 0.319. The maximum Gasteiger partial charge on any atom is 0.00817 e. The summed E-state index contributed by atoms with van der Waals surface area (Å²) < 4.78 is 0. The standard InChI is InChI=1S/C15H24N2/c1-12(11-13-5-3-2-4-6-13)17-15-9-7-14(16)8-10-15/h2-6,12,14-15,17H,7-11,16H2,1H3. The Hall–Kier alpha value is -0.860. The number of benzene rings is 1. The molecule has 0 bridgehead atoms. The van der Waals surface area contributed by atoms with E-state index in [0.29, 0.717) is 18.1 Å². The van der Waals surface area contributed by atoms with E-state index in [4.69, 9.17) is 5.73 Å². The first-order valence-electron chi connectivity index (χ1n) is 6.79. The predicted molar refractivity (Wildman–Crippen MR) is 73.0 cm³/mol. The molecule has 0 radical (unpaired) electrons. The Morgan fingerprint density at radius 2 is 1.82 bits per heavy atom. The molecular weight excluding hydrogens is 208 g/mol. The van der Waals surface area contributed by atoms with Crippen molar-refractivity contribution in [2.45, 2.75) is 57.2 Å². The van der Waals surface area contributed by atoms with Crippen LogP contribution in [0.3, 0.4) is 0 Å². The van der Waals surface area contributed by atoms with Gasteiger partial charge in [0.2, 0.25) is 0 Å². The minimum absolute atomic E-state index is 0.442. The second-order valence-corrected chi connectivity index (χ2v) is 5.37. The second-order valence-electron chi connectivity index (χ2n) is 5.37. The van der Waals surface area contributed by atoms with Crippen molar-refractivity contribution in [3.8, 4) is 0 Å². The largest absolute Gasteiger partial charge is 0.328 e. The highest BCUT2D eigenvalue weighted by atomic mass is 14.9. The molecule has 1 aliphatic rings. The Labute approximate surface area is 105 Å². The lowest BCUT2D eigenvalue weighted by atomic mass is 9.91. The van der Waals surface area contributed by atoms with Gasteiger partial charge in [-0.1, -0.05) is 30.3 Å². The van der Waals surface area contributed by atoms with Crippen LogP contribution >= 0.6 is 0 Å². The van der Waals surface area contributed by atoms with Crippen molar-refractivity contribution in [3.63, 3.8) is 0 Å². The summed E-state index contributed by atoms with van der Waals surface area (Å²) in [5, 5.41) is 3.73. The smallest absolute Gasteiger partial charge is 0.00817 e. The van der Waals surface area contributed by atoms with Crippen LogP contribution in [0.2, 0.25) is 0 Å². The number of hydrogen-bond acceptors (Lipinski definition) is 2. The molecule has 1 fully saturated rings. The quantitative estimate of drug-likeness (QED) is 0.837. The van der Waals surface area contributed by atoms with E-state index in [-0.39, 0.29) is 0 Å². The van der Waals surface area contributed by atoms with Gasteiger partial charge in [-0.15, -0.1) is 0 Å². The van der Waals surface area contributed by atoms with Crippen molar-refractivity contribution in [1.29, 1.82) is 0 Å². The molecule has 1 aliphatic carbocycles. The van der Waals surface area contributed by atoms with Crippen LogP contribution in [0.1, 0.15) is 38.2 Å². The summed E-state index contributed by atoms with van der Waals surface area (Å²) in [4.78, 5) is 0. The van der Waals surface area contributed by atoms with E-state index in [1.807, 2.05) is 0 Å². The Bertz CT molecular complexity index is 315. The fourth-order valence-electron chi connectivity index (χ4n) is 2.71. The van der Waals surface area contributed by atoms with Crippen molar-refractivity contribution in [3.05, 3.63) is 35.9 Å². The molecule has 0 saturated heterocycles. The molecule has 17 heavy (non-hydrogen) atoms. The molecule has 0 amide bonds. The minimum Gasteiger partial charge on any atom is -0.328 e. The monoisotopic (exact) mass is 232 g/mol. The average molecular weight is 232 g/mol. The molecule has 94 valence electrons. The van der Waals surface area contributed by atoms with Gasteiger partial charge in [0.15, 0.2) is 0 Å². The van der Waals surface area contributed by atoms with Gasteiger partial charge in [0.1, 0.15) is 0 Å². The van der Waals surface area contributed by atoms with Gasteiger partial charge < -0.3 is 11.1 Å². The van der Waals surface area contributed by atoms with E-state index >= 15 is 0 Å². The molecule has 0 spiro atoms. The summed E-state index contributed by atoms with van der Waals surface area (Å²) in [7, 11) is 0. The Balaban J connectivity index is 1.76. The molecule has 1 aromatic carbocycles. The summed E-state index contributed by atoms with van der Waals surface area (Å²) in [6.07, 6.45) is 5.94. The van der Waals surface area contributed by atoms with E-state index < -0.39 is 0 Å². The summed E-state index contributed by atoms with van der Waals surface area (Å²) in [6.45, 7) is 2.28. The SMILES string of the molecule is CC(Cc1ccccc1)NC1CCC(N)CC1. The van der Waals surface area contributed by atoms with Crippen LogP contribution in [-0.4, -0.2) is 18.1 Å². The van der Waals surface area contributed by atoms with Crippen LogP contribution in [0.4, 0.5) is 0 Å². The van der Waals surface area contributed by atoms with Crippen LogP contribution in [0.25, 0.3) is 0 Å². The third-order valence-corrected chi connectivity index (χ3v) is 3.68. The molecular formula is C15H24N2. The fraction of sp³-hybridized carbons (Fsp3) is 0.600. The van der Waals surface area contributed by atoms with Crippen molar-refractivity contribution >= 4 is 0 Å². The zero-order chi connectivity index (χ0) is 12.1. The molecule has 1 saturated carbocycles. The Morgan fingerprint density at radius 1 is 1.18 bits per heavy atom. The van der Waals surface area contributed by atoms with E-state index in [9.17, 15) is 0 Å². The third-order valence-electron chi connectivity index (χ3n) is 3.68. The van der Waals surface area contributed by atoms with Crippen LogP contribution in [0.5, 0.6) is 0 Å². The first-order valence-corrected chi connectivity index (χ1v) is 6.79. The first kappa shape index (κ1) is 12.6. The lowest BCUT2D eigenvalue weighted by Crippen LogP contribution is -2.42. The van der Waals surface area contributed by atoms with Crippen LogP contribution in [0.15, 0.2) is 30.3 Å². The third kappa shape index (κ3) is 4.14. The molecule has 2 heteroatoms. The lowest BCUT2D eigenvalue weighted by Gasteiger charge is -2.29. The number of nitrogens with one attached hydrogen (secondary N) is 1. The zero-order valence-electron chi connectivity index (χ0n) is 10.7. The molecule has 0 aliphatic heterocycles. The van der Waals surface area contributed by atoms with Crippen LogP contribution in [-0.2, 0) is 6.42 Å². The maximum absolute atomic E-state index is 5.92. The highest BCUT2D eigenvalue weighted by Crippen LogP contribution is 2.17. The van der Waals surface area contributed by atoms with Gasteiger partial charge in [0, 0.05) is 18.1 Å². The summed E-state index contributed by atoms with van der Waals surface area (Å²) in [5.41, 5.74) is 7.34. The van der Waals surface area contributed by atoms with E-state index in [0.717, 1.165) is 6.42 Å². The maximum atomic E-state index is 5.92. The molecule has 2 nitrogen and oxygen atoms in total. The normalized spacial score (nSPS) is 26.7. The molecule has 3 N–H and O–H groups in total. The van der Waals surface area contributed by atoms with Crippen molar-refractivity contribution in [2.75, 3.05) is 0 Å². The zero-order valence-corrected chi connectivity index (χ0v) is 10.7. The highest BCUT2D eigenvalue weighted by Gasteiger charge is 2.19. The molecule has 2 rings (SSSR count). The molecule has 0 aromatic heterocycles. The van der Waals surface area contributed by atoms with Crippen molar-refractivity contribution in [1.82, 2.24) is 5.32 Å². The van der Waals surface area contributed by atoms with Gasteiger partial charge in [0.05, 0.1) is 0 Å². The summed E-state index contributed by atoms with van der Waals surface area (Å²) in [5.74, 6) is 0. The summed E-state index contributed by atoms with van der Waals surface area (Å²) in [6, 6.07) is 12.4. The van der Waals surface area contributed by atoms with Gasteiger partial charge in [-0.2, -0.15) is 0 Å². The van der Waals surface area contributed by atoms with Gasteiger partial charge in [-0.3, -0.25) is 0 Å². The van der Waals surface area contributed by atoms with E-state index in [1.54, 1.807) is 0 Å². The van der Waals surface area contributed by atoms with Gasteiger partial charge in [-0.25, -0.2) is 0 Å². The molecule has 1 unspecified atom stereocenters. The minimum atomic E-state index is 0.442. The van der Waals surface area contributed by atoms with E-state index in [1.165, 1.54) is 31.2 Å². The van der Waals surface area contributed by atoms with Crippen LogP contribution in [0, 0.1) is 0 Å². The van der Waals surface area contributed by atoms with Gasteiger partial charge in [0.25, 0.3) is 0 Å². The topological polar surface area (TPSA) is 38.0 Å². The van der Waals surface area contributed by atoms with Gasteiger partial charge >= 0.3 is 0 Å². The Kier molecular flexibility index (Phi) is 4.57. The van der Waals surface area contributed by atoms with Crippen molar-refractivity contribution in [2.24, 2.45) is 5.73 Å². The number of rotatable bonds is 4. The number of hydrogen-bond donors (Lipinski definition) is 2. The molecule has 0 heterocycles. The second kappa shape index (κ2) is 6.18. The van der Waals surface area contributed by atoms with Gasteiger partial charge in [-0.05, 0) is 44.6 Å². The molecule has 1 atom stereocenters. The molecule has 1 aromatic rings. The van der Waals surface area contributed by atoms with Crippen LogP contribution < -0.4 is 11.1 Å². The number of nitrogens with two attached hydrogens (primary N) is 1. The fourth-order valence-corrected chi connectivity index (χ4v) is 2.71. The highest BCUT2D eigenvalue weighted by molar-refractivity contribution is 5.15.